The fourth-order valence-corrected chi connectivity index (χ4v) is 2.79. The van der Waals surface area contributed by atoms with Gasteiger partial charge in [-0.25, -0.2) is 0 Å². The summed E-state index contributed by atoms with van der Waals surface area (Å²) in [6.45, 7) is 3.85. The van der Waals surface area contributed by atoms with Gasteiger partial charge in [0.05, 0.1) is 6.61 Å². The first kappa shape index (κ1) is 16.0. The number of fused-ring (bicyclic) bond motifs is 1. The molecule has 2 aliphatic rings. The topological polar surface area (TPSA) is 90.4 Å². The number of nitrogens with zero attached hydrogens (tertiary/aromatic N) is 2. The van der Waals surface area contributed by atoms with Crippen molar-refractivity contribution >= 4 is 12.0 Å². The van der Waals surface area contributed by atoms with Gasteiger partial charge in [0.2, 0.25) is 0 Å². The zero-order chi connectivity index (χ0) is 16.4. The number of carbonyl (C=O) groups is 1. The quantitative estimate of drug-likeness (QED) is 0.464. The summed E-state index contributed by atoms with van der Waals surface area (Å²) in [7, 11) is 0. The van der Waals surface area contributed by atoms with Crippen molar-refractivity contribution in [3.8, 4) is 0 Å². The predicted molar refractivity (Wildman–Crippen MR) is 78.4 cm³/mol. The molecule has 3 rings (SSSR count). The molecule has 23 heavy (non-hydrogen) atoms. The van der Waals surface area contributed by atoms with Gasteiger partial charge < -0.3 is 24.5 Å². The maximum Gasteiger partial charge on any atom is 0.326 e. The van der Waals surface area contributed by atoms with Gasteiger partial charge in [0.1, 0.15) is 12.2 Å². The van der Waals surface area contributed by atoms with Crippen molar-refractivity contribution in [2.75, 3.05) is 0 Å². The standard InChI is InChI=1S/C16H18N2O5/c1-16(2)22-14-13(20-9-10-6-4-3-5-7-10)12(11(19)8-18-17)21-15(14)23-16/h3-8,12-15H,9H2,1-2H3/t12-,13-,14-,15-/m1/s1. The number of rotatable bonds is 5. The van der Waals surface area contributed by atoms with E-state index in [1.807, 2.05) is 30.3 Å². The van der Waals surface area contributed by atoms with Crippen LogP contribution in [0.4, 0.5) is 0 Å². The Labute approximate surface area is 133 Å². The third kappa shape index (κ3) is 3.39. The van der Waals surface area contributed by atoms with Crippen LogP contribution < -0.4 is 0 Å². The SMILES string of the molecule is CC1(C)O[C@H]2O[C@H](C(=O)C=[N+]=[N-])[C@@H](OCc3ccccc3)[C@H]2O1. The van der Waals surface area contributed by atoms with Gasteiger partial charge in [-0.3, -0.25) is 4.79 Å². The molecule has 1 aromatic rings. The van der Waals surface area contributed by atoms with Crippen molar-refractivity contribution in [3.63, 3.8) is 0 Å². The van der Waals surface area contributed by atoms with Crippen LogP contribution in [-0.2, 0) is 30.3 Å². The minimum Gasteiger partial charge on any atom is -0.367 e. The Kier molecular flexibility index (Phi) is 4.39. The molecule has 2 aliphatic heterocycles. The highest BCUT2D eigenvalue weighted by molar-refractivity contribution is 6.27. The molecule has 0 bridgehead atoms. The first-order chi connectivity index (χ1) is 11.0. The van der Waals surface area contributed by atoms with E-state index >= 15 is 0 Å². The van der Waals surface area contributed by atoms with Gasteiger partial charge >= 0.3 is 6.21 Å². The predicted octanol–water partition coefficient (Wildman–Crippen LogP) is 1.32. The summed E-state index contributed by atoms with van der Waals surface area (Å²) in [6.07, 6.45) is -1.98. The summed E-state index contributed by atoms with van der Waals surface area (Å²) in [5, 5.41) is 0. The van der Waals surface area contributed by atoms with E-state index in [1.165, 1.54) is 0 Å². The van der Waals surface area contributed by atoms with E-state index in [0.717, 1.165) is 11.8 Å². The molecule has 122 valence electrons. The summed E-state index contributed by atoms with van der Waals surface area (Å²) in [5.74, 6) is -1.30. The lowest BCUT2D eigenvalue weighted by molar-refractivity contribution is -0.217. The number of ether oxygens (including phenoxy) is 4. The van der Waals surface area contributed by atoms with Crippen LogP contribution >= 0.6 is 0 Å². The zero-order valence-electron chi connectivity index (χ0n) is 12.9. The summed E-state index contributed by atoms with van der Waals surface area (Å²) in [5.41, 5.74) is 9.54. The van der Waals surface area contributed by atoms with E-state index in [2.05, 4.69) is 4.79 Å². The molecule has 0 spiro atoms. The van der Waals surface area contributed by atoms with Crippen LogP contribution in [0.3, 0.4) is 0 Å². The molecule has 4 atom stereocenters. The maximum atomic E-state index is 12.0. The van der Waals surface area contributed by atoms with Gasteiger partial charge in [-0.1, -0.05) is 30.3 Å². The zero-order valence-corrected chi connectivity index (χ0v) is 12.9. The van der Waals surface area contributed by atoms with Crippen molar-refractivity contribution in [2.45, 2.75) is 50.8 Å². The Morgan fingerprint density at radius 2 is 2.09 bits per heavy atom. The monoisotopic (exact) mass is 318 g/mol. The van der Waals surface area contributed by atoms with Crippen LogP contribution in [0.1, 0.15) is 19.4 Å². The third-order valence-corrected chi connectivity index (χ3v) is 3.74. The van der Waals surface area contributed by atoms with Crippen molar-refractivity contribution in [2.24, 2.45) is 0 Å². The second kappa shape index (κ2) is 6.31. The van der Waals surface area contributed by atoms with Crippen LogP contribution in [-0.4, -0.2) is 47.2 Å². The summed E-state index contributed by atoms with van der Waals surface area (Å²) in [6, 6.07) is 9.58. The molecule has 7 nitrogen and oxygen atoms in total. The minimum absolute atomic E-state index is 0.307. The number of benzene rings is 1. The van der Waals surface area contributed by atoms with E-state index in [9.17, 15) is 4.79 Å². The minimum atomic E-state index is -0.930. The number of Topliss-reactive ketones (excluding diaryl/α,β-unsaturated/α-hetero) is 1. The third-order valence-electron chi connectivity index (χ3n) is 3.74. The van der Waals surface area contributed by atoms with E-state index in [1.54, 1.807) is 13.8 Å². The molecule has 0 saturated carbocycles. The van der Waals surface area contributed by atoms with Crippen LogP contribution in [0, 0.1) is 0 Å². The van der Waals surface area contributed by atoms with Gasteiger partial charge in [0.15, 0.2) is 18.2 Å². The second-order valence-corrected chi connectivity index (χ2v) is 5.93. The van der Waals surface area contributed by atoms with Crippen LogP contribution in [0.2, 0.25) is 0 Å². The smallest absolute Gasteiger partial charge is 0.326 e. The molecular formula is C16H18N2O5. The van der Waals surface area contributed by atoms with Crippen LogP contribution in [0.5, 0.6) is 0 Å². The Morgan fingerprint density at radius 1 is 1.35 bits per heavy atom. The highest BCUT2D eigenvalue weighted by Gasteiger charge is 2.57. The number of carbonyl (C=O) groups excluding carboxylic acids is 1. The molecule has 1 aromatic carbocycles. The molecule has 0 aliphatic carbocycles. The molecular weight excluding hydrogens is 300 g/mol. The normalized spacial score (nSPS) is 31.4. The average molecular weight is 318 g/mol. The molecule has 0 amide bonds. The van der Waals surface area contributed by atoms with Gasteiger partial charge in [0.25, 0.3) is 5.78 Å². The Hall–Kier alpha value is -1.89. The second-order valence-electron chi connectivity index (χ2n) is 5.93. The van der Waals surface area contributed by atoms with Gasteiger partial charge in [-0.15, -0.1) is 0 Å². The number of ketones is 1. The molecule has 2 heterocycles. The molecule has 0 aromatic heterocycles. The Balaban J connectivity index is 1.76. The van der Waals surface area contributed by atoms with E-state index in [0.29, 0.717) is 6.61 Å². The van der Waals surface area contributed by atoms with Crippen molar-refractivity contribution in [3.05, 3.63) is 41.4 Å². The molecule has 0 radical (unpaired) electrons. The lowest BCUT2D eigenvalue weighted by atomic mass is 10.1. The highest BCUT2D eigenvalue weighted by atomic mass is 16.8. The first-order valence-electron chi connectivity index (χ1n) is 7.38. The molecule has 2 saturated heterocycles. The average Bonchev–Trinajstić information content (AvgIpc) is 2.98. The Morgan fingerprint density at radius 3 is 2.78 bits per heavy atom. The van der Waals surface area contributed by atoms with Crippen molar-refractivity contribution in [1.82, 2.24) is 0 Å². The van der Waals surface area contributed by atoms with Crippen molar-refractivity contribution < 1.29 is 28.5 Å². The highest BCUT2D eigenvalue weighted by Crippen LogP contribution is 2.39. The van der Waals surface area contributed by atoms with Crippen molar-refractivity contribution in [1.29, 1.82) is 0 Å². The fraction of sp³-hybridized carbons (Fsp3) is 0.500. The fourth-order valence-electron chi connectivity index (χ4n) is 2.79. The number of hydrogen-bond donors (Lipinski definition) is 0. The summed E-state index contributed by atoms with van der Waals surface area (Å²) in [4.78, 5) is 14.8. The molecule has 0 unspecified atom stereocenters. The lowest BCUT2D eigenvalue weighted by Gasteiger charge is -2.24. The molecule has 7 heteroatoms. The first-order valence-corrected chi connectivity index (χ1v) is 7.38. The lowest BCUT2D eigenvalue weighted by Crippen LogP contribution is -2.41. The maximum absolute atomic E-state index is 12.0. The summed E-state index contributed by atoms with van der Waals surface area (Å²) >= 11 is 0. The number of hydrogen-bond acceptors (Lipinski definition) is 5. The van der Waals surface area contributed by atoms with Crippen LogP contribution in [0.15, 0.2) is 30.3 Å². The van der Waals surface area contributed by atoms with Gasteiger partial charge in [0, 0.05) is 0 Å². The largest absolute Gasteiger partial charge is 0.367 e. The molecule has 2 fully saturated rings. The van der Waals surface area contributed by atoms with E-state index in [-0.39, 0.29) is 0 Å². The van der Waals surface area contributed by atoms with E-state index in [4.69, 9.17) is 24.5 Å². The van der Waals surface area contributed by atoms with E-state index < -0.39 is 36.2 Å². The molecule has 0 N–H and O–H groups in total. The van der Waals surface area contributed by atoms with Gasteiger partial charge in [-0.2, -0.15) is 4.79 Å². The summed E-state index contributed by atoms with van der Waals surface area (Å²) < 4.78 is 22.9. The van der Waals surface area contributed by atoms with Crippen LogP contribution in [0.25, 0.3) is 5.53 Å². The Bertz CT molecular complexity index is 627. The van der Waals surface area contributed by atoms with Gasteiger partial charge in [-0.05, 0) is 19.4 Å².